The average Bonchev–Trinajstić information content (AvgIpc) is 2.20. The zero-order valence-electron chi connectivity index (χ0n) is 7.76. The third-order valence-electron chi connectivity index (χ3n) is 1.59. The molecule has 0 saturated heterocycles. The minimum absolute atomic E-state index is 0.515. The summed E-state index contributed by atoms with van der Waals surface area (Å²) >= 11 is 5.75. The van der Waals surface area contributed by atoms with Gasteiger partial charge in [0.15, 0.2) is 0 Å². The molecule has 70 valence electrons. The Hall–Kier alpha value is -1.48. The highest BCUT2D eigenvalue weighted by Gasteiger charge is 1.98. The van der Waals surface area contributed by atoms with Crippen LogP contribution in [0.1, 0.15) is 11.1 Å². The molecule has 0 aromatic heterocycles. The topological polar surface area (TPSA) is 35.8 Å². The maximum Gasteiger partial charge on any atom is 0.100 e. The molecule has 0 heterocycles. The average molecular weight is 205 g/mol. The zero-order chi connectivity index (χ0) is 10.4. The molecule has 2 nitrogen and oxygen atoms in total. The molecule has 0 aliphatic rings. The first-order valence-electron chi connectivity index (χ1n) is 4.11. The second-order valence-electron chi connectivity index (χ2n) is 2.63. The van der Waals surface area contributed by atoms with Crippen LogP contribution >= 0.6 is 11.6 Å². The first-order chi connectivity index (χ1) is 6.77. The Labute approximate surface area is 88.5 Å². The van der Waals surface area contributed by atoms with Crippen LogP contribution in [0.2, 0.25) is 5.02 Å². The molecule has 1 rings (SSSR count). The molecule has 0 aliphatic carbocycles. The van der Waals surface area contributed by atoms with E-state index in [4.69, 9.17) is 16.9 Å². The lowest BCUT2D eigenvalue weighted by Gasteiger charge is -1.95. The molecule has 1 N–H and O–H groups in total. The molecule has 0 amide bonds. The van der Waals surface area contributed by atoms with Gasteiger partial charge in [-0.25, -0.2) is 0 Å². The van der Waals surface area contributed by atoms with E-state index in [-0.39, 0.29) is 0 Å². The van der Waals surface area contributed by atoms with Crippen molar-refractivity contribution in [1.82, 2.24) is 5.32 Å². The summed E-state index contributed by atoms with van der Waals surface area (Å²) in [5.74, 6) is 5.79. The van der Waals surface area contributed by atoms with Crippen molar-refractivity contribution < 1.29 is 0 Å². The Morgan fingerprint density at radius 1 is 1.43 bits per heavy atom. The third-order valence-corrected chi connectivity index (χ3v) is 1.83. The molecular weight excluding hydrogens is 196 g/mol. The lowest BCUT2D eigenvalue weighted by atomic mass is 10.1. The lowest BCUT2D eigenvalue weighted by molar-refractivity contribution is 0.938. The molecule has 3 heteroatoms. The summed E-state index contributed by atoms with van der Waals surface area (Å²) in [4.78, 5) is 0. The predicted octanol–water partition coefficient (Wildman–Crippen LogP) is 1.78. The highest BCUT2D eigenvalue weighted by atomic mass is 35.5. The number of rotatable bonds is 1. The van der Waals surface area contributed by atoms with E-state index in [0.29, 0.717) is 22.7 Å². The first-order valence-corrected chi connectivity index (χ1v) is 4.49. The molecule has 0 atom stereocenters. The van der Waals surface area contributed by atoms with Gasteiger partial charge in [0, 0.05) is 10.6 Å². The number of benzene rings is 1. The van der Waals surface area contributed by atoms with Crippen molar-refractivity contribution in [2.45, 2.75) is 0 Å². The SMILES string of the molecule is CNCC#Cc1ccc(Cl)cc1C#N. The van der Waals surface area contributed by atoms with Gasteiger partial charge in [0.05, 0.1) is 12.1 Å². The summed E-state index contributed by atoms with van der Waals surface area (Å²) in [6.45, 7) is 0.605. The minimum atomic E-state index is 0.515. The number of nitrogens with zero attached hydrogens (tertiary/aromatic N) is 1. The van der Waals surface area contributed by atoms with Gasteiger partial charge in [0.2, 0.25) is 0 Å². The predicted molar refractivity (Wildman–Crippen MR) is 57.0 cm³/mol. The van der Waals surface area contributed by atoms with Crippen molar-refractivity contribution in [2.24, 2.45) is 0 Å². The Kier molecular flexibility index (Phi) is 4.01. The van der Waals surface area contributed by atoms with Gasteiger partial charge in [-0.1, -0.05) is 23.4 Å². The molecular formula is C11H9ClN2. The van der Waals surface area contributed by atoms with Gasteiger partial charge < -0.3 is 5.32 Å². The minimum Gasteiger partial charge on any atom is -0.309 e. The first kappa shape index (κ1) is 10.6. The molecule has 1 aromatic rings. The zero-order valence-corrected chi connectivity index (χ0v) is 8.52. The molecule has 0 unspecified atom stereocenters. The van der Waals surface area contributed by atoms with Crippen LogP contribution in [0.15, 0.2) is 18.2 Å². The van der Waals surface area contributed by atoms with E-state index in [0.717, 1.165) is 0 Å². The van der Waals surface area contributed by atoms with Crippen LogP contribution in [-0.4, -0.2) is 13.6 Å². The lowest BCUT2D eigenvalue weighted by Crippen LogP contribution is -2.04. The number of hydrogen-bond donors (Lipinski definition) is 1. The van der Waals surface area contributed by atoms with Crippen molar-refractivity contribution in [1.29, 1.82) is 5.26 Å². The van der Waals surface area contributed by atoms with Crippen LogP contribution in [-0.2, 0) is 0 Å². The summed E-state index contributed by atoms with van der Waals surface area (Å²) < 4.78 is 0. The van der Waals surface area contributed by atoms with E-state index in [1.54, 1.807) is 18.2 Å². The second-order valence-corrected chi connectivity index (χ2v) is 3.07. The van der Waals surface area contributed by atoms with Crippen LogP contribution in [0, 0.1) is 23.2 Å². The fourth-order valence-electron chi connectivity index (χ4n) is 0.946. The summed E-state index contributed by atoms with van der Waals surface area (Å²) in [6, 6.07) is 7.15. The standard InChI is InChI=1S/C11H9ClN2/c1-14-6-2-3-9-4-5-11(12)7-10(9)8-13/h4-5,7,14H,6H2,1H3. The maximum absolute atomic E-state index is 8.81. The van der Waals surface area contributed by atoms with Crippen molar-refractivity contribution in [3.63, 3.8) is 0 Å². The number of hydrogen-bond acceptors (Lipinski definition) is 2. The van der Waals surface area contributed by atoms with E-state index < -0.39 is 0 Å². The van der Waals surface area contributed by atoms with Crippen LogP contribution in [0.4, 0.5) is 0 Å². The van der Waals surface area contributed by atoms with E-state index in [2.05, 4.69) is 23.2 Å². The van der Waals surface area contributed by atoms with Gasteiger partial charge in [-0.2, -0.15) is 5.26 Å². The van der Waals surface area contributed by atoms with Crippen LogP contribution in [0.25, 0.3) is 0 Å². The van der Waals surface area contributed by atoms with E-state index in [1.807, 2.05) is 7.05 Å². The Bertz CT molecular complexity index is 421. The largest absolute Gasteiger partial charge is 0.309 e. The molecule has 0 spiro atoms. The molecule has 0 fully saturated rings. The van der Waals surface area contributed by atoms with E-state index >= 15 is 0 Å². The van der Waals surface area contributed by atoms with Gasteiger partial charge in [0.1, 0.15) is 6.07 Å². The van der Waals surface area contributed by atoms with Gasteiger partial charge in [-0.3, -0.25) is 0 Å². The van der Waals surface area contributed by atoms with Crippen molar-refractivity contribution in [3.8, 4) is 17.9 Å². The van der Waals surface area contributed by atoms with Crippen molar-refractivity contribution in [2.75, 3.05) is 13.6 Å². The molecule has 0 bridgehead atoms. The number of nitriles is 1. The van der Waals surface area contributed by atoms with Crippen LogP contribution in [0.5, 0.6) is 0 Å². The van der Waals surface area contributed by atoms with E-state index in [1.165, 1.54) is 0 Å². The quantitative estimate of drug-likeness (QED) is 0.708. The Morgan fingerprint density at radius 3 is 2.86 bits per heavy atom. The van der Waals surface area contributed by atoms with Gasteiger partial charge in [-0.15, -0.1) is 0 Å². The third kappa shape index (κ3) is 2.78. The summed E-state index contributed by atoms with van der Waals surface area (Å²) in [5.41, 5.74) is 1.23. The number of nitrogens with one attached hydrogen (secondary N) is 1. The smallest absolute Gasteiger partial charge is 0.100 e. The Balaban J connectivity index is 3.00. The molecule has 14 heavy (non-hydrogen) atoms. The normalized spacial score (nSPS) is 8.64. The van der Waals surface area contributed by atoms with E-state index in [9.17, 15) is 0 Å². The Morgan fingerprint density at radius 2 is 2.21 bits per heavy atom. The molecule has 0 saturated carbocycles. The fraction of sp³-hybridized carbons (Fsp3) is 0.182. The fourth-order valence-corrected chi connectivity index (χ4v) is 1.12. The van der Waals surface area contributed by atoms with Gasteiger partial charge in [-0.05, 0) is 25.2 Å². The summed E-state index contributed by atoms with van der Waals surface area (Å²) in [6.07, 6.45) is 0. The second kappa shape index (κ2) is 5.29. The maximum atomic E-state index is 8.81. The molecule has 0 radical (unpaired) electrons. The summed E-state index contributed by atoms with van der Waals surface area (Å²) in [5, 5.41) is 12.3. The summed E-state index contributed by atoms with van der Waals surface area (Å²) in [7, 11) is 1.82. The number of halogens is 1. The van der Waals surface area contributed by atoms with Crippen molar-refractivity contribution >= 4 is 11.6 Å². The van der Waals surface area contributed by atoms with Crippen LogP contribution in [0.3, 0.4) is 0 Å². The van der Waals surface area contributed by atoms with Crippen molar-refractivity contribution in [3.05, 3.63) is 34.3 Å². The van der Waals surface area contributed by atoms with Gasteiger partial charge >= 0.3 is 0 Å². The monoisotopic (exact) mass is 204 g/mol. The molecule has 1 aromatic carbocycles. The van der Waals surface area contributed by atoms with Gasteiger partial charge in [0.25, 0.3) is 0 Å². The highest BCUT2D eigenvalue weighted by molar-refractivity contribution is 6.30. The highest BCUT2D eigenvalue weighted by Crippen LogP contribution is 2.14. The van der Waals surface area contributed by atoms with Crippen LogP contribution < -0.4 is 5.32 Å². The molecule has 0 aliphatic heterocycles.